The van der Waals surface area contributed by atoms with Gasteiger partial charge in [0.05, 0.1) is 24.9 Å². The SMILES string of the molecule is CN(C)C(=O)c1ccc(CN2C[C@H](CC(=O)O)[C@H](c3cn[nH]n3)C2)o1. The van der Waals surface area contributed by atoms with E-state index in [-0.39, 0.29) is 24.2 Å². The minimum Gasteiger partial charge on any atom is -0.481 e. The first-order chi connectivity index (χ1) is 11.9. The topological polar surface area (TPSA) is 116 Å². The van der Waals surface area contributed by atoms with Gasteiger partial charge in [0, 0.05) is 33.1 Å². The molecular weight excluding hydrogens is 326 g/mol. The zero-order valence-electron chi connectivity index (χ0n) is 14.2. The summed E-state index contributed by atoms with van der Waals surface area (Å²) >= 11 is 0. The summed E-state index contributed by atoms with van der Waals surface area (Å²) in [6, 6.07) is 3.45. The predicted octanol–water partition coefficient (Wildman–Crippen LogP) is 0.790. The molecule has 2 N–H and O–H groups in total. The van der Waals surface area contributed by atoms with Crippen LogP contribution in [0.5, 0.6) is 0 Å². The van der Waals surface area contributed by atoms with Crippen LogP contribution >= 0.6 is 0 Å². The minimum atomic E-state index is -0.822. The van der Waals surface area contributed by atoms with E-state index in [1.165, 1.54) is 4.90 Å². The molecule has 9 nitrogen and oxygen atoms in total. The van der Waals surface area contributed by atoms with E-state index in [2.05, 4.69) is 20.3 Å². The molecule has 2 atom stereocenters. The maximum Gasteiger partial charge on any atom is 0.303 e. The highest BCUT2D eigenvalue weighted by atomic mass is 16.4. The quantitative estimate of drug-likeness (QED) is 0.793. The Morgan fingerprint density at radius 3 is 2.84 bits per heavy atom. The van der Waals surface area contributed by atoms with Crippen LogP contribution in [0.2, 0.25) is 0 Å². The van der Waals surface area contributed by atoms with Gasteiger partial charge in [-0.05, 0) is 18.1 Å². The summed E-state index contributed by atoms with van der Waals surface area (Å²) in [6.45, 7) is 1.81. The van der Waals surface area contributed by atoms with Crippen LogP contribution in [0.15, 0.2) is 22.7 Å². The Balaban J connectivity index is 1.69. The molecule has 1 fully saturated rings. The van der Waals surface area contributed by atoms with Crippen LogP contribution in [-0.4, -0.2) is 69.4 Å². The van der Waals surface area contributed by atoms with Gasteiger partial charge in [0.1, 0.15) is 5.76 Å². The molecule has 2 aromatic rings. The van der Waals surface area contributed by atoms with Crippen LogP contribution in [0.3, 0.4) is 0 Å². The monoisotopic (exact) mass is 347 g/mol. The molecule has 0 spiro atoms. The molecule has 1 aliphatic rings. The molecule has 9 heteroatoms. The van der Waals surface area contributed by atoms with Crippen molar-refractivity contribution >= 4 is 11.9 Å². The number of carbonyl (C=O) groups is 2. The Bertz CT molecular complexity index is 740. The molecule has 3 heterocycles. The maximum atomic E-state index is 11.9. The minimum absolute atomic E-state index is 0.00712. The number of carbonyl (C=O) groups excluding carboxylic acids is 1. The molecule has 0 aromatic carbocycles. The van der Waals surface area contributed by atoms with E-state index in [9.17, 15) is 9.59 Å². The molecule has 0 aliphatic carbocycles. The third-order valence-corrected chi connectivity index (χ3v) is 4.43. The molecule has 25 heavy (non-hydrogen) atoms. The summed E-state index contributed by atoms with van der Waals surface area (Å²) in [4.78, 5) is 26.6. The van der Waals surface area contributed by atoms with Crippen molar-refractivity contribution in [1.29, 1.82) is 0 Å². The second-order valence-corrected chi connectivity index (χ2v) is 6.52. The first-order valence-corrected chi connectivity index (χ1v) is 8.04. The van der Waals surface area contributed by atoms with E-state index in [0.717, 1.165) is 5.69 Å². The smallest absolute Gasteiger partial charge is 0.303 e. The van der Waals surface area contributed by atoms with Gasteiger partial charge in [-0.1, -0.05) is 0 Å². The fraction of sp³-hybridized carbons (Fsp3) is 0.500. The molecule has 0 saturated carbocycles. The normalized spacial score (nSPS) is 20.7. The fourth-order valence-electron chi connectivity index (χ4n) is 3.26. The Kier molecular flexibility index (Phi) is 4.84. The number of amides is 1. The third-order valence-electron chi connectivity index (χ3n) is 4.43. The fourth-order valence-corrected chi connectivity index (χ4v) is 3.26. The molecule has 3 rings (SSSR count). The van der Waals surface area contributed by atoms with Crippen LogP contribution in [0.4, 0.5) is 0 Å². The second kappa shape index (κ2) is 7.06. The van der Waals surface area contributed by atoms with Gasteiger partial charge in [0.2, 0.25) is 0 Å². The van der Waals surface area contributed by atoms with Crippen molar-refractivity contribution < 1.29 is 19.1 Å². The summed E-state index contributed by atoms with van der Waals surface area (Å²) in [5, 5.41) is 19.7. The number of H-pyrrole nitrogens is 1. The van der Waals surface area contributed by atoms with E-state index in [1.54, 1.807) is 32.4 Å². The Morgan fingerprint density at radius 2 is 2.20 bits per heavy atom. The molecule has 1 amide bonds. The van der Waals surface area contributed by atoms with Gasteiger partial charge in [-0.2, -0.15) is 15.4 Å². The van der Waals surface area contributed by atoms with Gasteiger partial charge < -0.3 is 14.4 Å². The van der Waals surface area contributed by atoms with Crippen LogP contribution in [0.25, 0.3) is 0 Å². The molecule has 0 radical (unpaired) electrons. The number of nitrogens with one attached hydrogen (secondary N) is 1. The summed E-state index contributed by atoms with van der Waals surface area (Å²) in [5.41, 5.74) is 0.775. The number of carboxylic acids is 1. The largest absolute Gasteiger partial charge is 0.481 e. The number of rotatable bonds is 6. The Hall–Kier alpha value is -2.68. The zero-order valence-corrected chi connectivity index (χ0v) is 14.2. The van der Waals surface area contributed by atoms with Crippen molar-refractivity contribution in [2.45, 2.75) is 18.9 Å². The lowest BCUT2D eigenvalue weighted by atomic mass is 9.91. The van der Waals surface area contributed by atoms with Crippen molar-refractivity contribution in [3.05, 3.63) is 35.5 Å². The average molecular weight is 347 g/mol. The number of aromatic amines is 1. The highest BCUT2D eigenvalue weighted by molar-refractivity contribution is 5.91. The molecule has 2 aromatic heterocycles. The van der Waals surface area contributed by atoms with Gasteiger partial charge in [0.25, 0.3) is 5.91 Å². The first kappa shape index (κ1) is 17.2. The lowest BCUT2D eigenvalue weighted by Gasteiger charge is -2.13. The van der Waals surface area contributed by atoms with Gasteiger partial charge in [0.15, 0.2) is 5.76 Å². The summed E-state index contributed by atoms with van der Waals surface area (Å²) in [5.74, 6) is -0.0587. The van der Waals surface area contributed by atoms with E-state index in [4.69, 9.17) is 9.52 Å². The van der Waals surface area contributed by atoms with Crippen LogP contribution in [0, 0.1) is 5.92 Å². The van der Waals surface area contributed by atoms with Crippen molar-refractivity contribution in [3.63, 3.8) is 0 Å². The van der Waals surface area contributed by atoms with E-state index in [1.807, 2.05) is 0 Å². The predicted molar refractivity (Wildman–Crippen MR) is 86.9 cm³/mol. The molecule has 0 bridgehead atoms. The lowest BCUT2D eigenvalue weighted by molar-refractivity contribution is -0.138. The van der Waals surface area contributed by atoms with Crippen LogP contribution in [-0.2, 0) is 11.3 Å². The van der Waals surface area contributed by atoms with E-state index < -0.39 is 5.97 Å². The van der Waals surface area contributed by atoms with Gasteiger partial charge in [-0.3, -0.25) is 14.5 Å². The highest BCUT2D eigenvalue weighted by Crippen LogP contribution is 2.34. The highest BCUT2D eigenvalue weighted by Gasteiger charge is 2.36. The second-order valence-electron chi connectivity index (χ2n) is 6.52. The molecule has 1 aliphatic heterocycles. The molecular formula is C16H21N5O4. The van der Waals surface area contributed by atoms with Gasteiger partial charge in [-0.25, -0.2) is 0 Å². The number of aromatic nitrogens is 3. The Labute approximate surface area is 144 Å². The van der Waals surface area contributed by atoms with E-state index >= 15 is 0 Å². The third kappa shape index (κ3) is 3.87. The first-order valence-electron chi connectivity index (χ1n) is 8.04. The summed E-state index contributed by atoms with van der Waals surface area (Å²) in [7, 11) is 3.34. The number of nitrogens with zero attached hydrogens (tertiary/aromatic N) is 4. The summed E-state index contributed by atoms with van der Waals surface area (Å²) < 4.78 is 5.63. The number of furan rings is 1. The van der Waals surface area contributed by atoms with Crippen molar-refractivity contribution in [2.75, 3.05) is 27.2 Å². The Morgan fingerprint density at radius 1 is 1.40 bits per heavy atom. The number of likely N-dealkylation sites (tertiary alicyclic amines) is 1. The van der Waals surface area contributed by atoms with Gasteiger partial charge in [-0.15, -0.1) is 0 Å². The van der Waals surface area contributed by atoms with E-state index in [0.29, 0.717) is 31.2 Å². The number of hydrogen-bond acceptors (Lipinski definition) is 6. The number of aliphatic carboxylic acids is 1. The average Bonchev–Trinajstić information content (AvgIpc) is 3.27. The maximum absolute atomic E-state index is 11.9. The molecule has 1 saturated heterocycles. The van der Waals surface area contributed by atoms with Crippen LogP contribution < -0.4 is 0 Å². The zero-order chi connectivity index (χ0) is 18.0. The standard InChI is InChI=1S/C16H21N5O4/c1-20(2)16(24)14-4-3-11(25-14)8-21-7-10(5-15(22)23)12(9-21)13-6-17-19-18-13/h3-4,6,10,12H,5,7-9H2,1-2H3,(H,22,23)(H,17,18,19)/t10-,12+/m0/s1. The lowest BCUT2D eigenvalue weighted by Crippen LogP contribution is -2.21. The number of carboxylic acid groups (broad SMARTS) is 1. The van der Waals surface area contributed by atoms with Gasteiger partial charge >= 0.3 is 5.97 Å². The summed E-state index contributed by atoms with van der Waals surface area (Å²) in [6.07, 6.45) is 1.72. The van der Waals surface area contributed by atoms with Crippen LogP contribution in [0.1, 0.15) is 34.3 Å². The van der Waals surface area contributed by atoms with Crippen molar-refractivity contribution in [1.82, 2.24) is 25.2 Å². The number of hydrogen-bond donors (Lipinski definition) is 2. The van der Waals surface area contributed by atoms with Crippen molar-refractivity contribution in [3.8, 4) is 0 Å². The van der Waals surface area contributed by atoms with Crippen molar-refractivity contribution in [2.24, 2.45) is 5.92 Å². The molecule has 134 valence electrons. The molecule has 0 unspecified atom stereocenters.